The molecule has 3 fully saturated rings. The number of anilines is 2. The number of amidine groups is 2. The molecule has 8 rings (SSSR count). The third-order valence-corrected chi connectivity index (χ3v) is 12.4. The number of primary amides is 1. The average molecular weight is 786 g/mol. The normalized spacial score (nSPS) is 17.4. The Balaban J connectivity index is 0.000000251. The van der Waals surface area contributed by atoms with E-state index in [9.17, 15) is 4.79 Å². The SMILES string of the molecule is CC(=N)N1C(=N)CN=C(c2ccc(C#CC3CC4(C3)CN(c3ccc(C(N)=O)nn3)C4)cc2)c2c1sc(C)c2C.N#Cc1ccc(OC2CCCCC2)cc1Cl. The van der Waals surface area contributed by atoms with Crippen molar-refractivity contribution < 1.29 is 9.53 Å². The van der Waals surface area contributed by atoms with E-state index in [-0.39, 0.29) is 12.2 Å². The number of hydrogen-bond acceptors (Lipinski definition) is 10. The smallest absolute Gasteiger partial charge is 0.269 e. The number of amides is 1. The minimum atomic E-state index is -0.569. The monoisotopic (exact) mass is 785 g/mol. The quantitative estimate of drug-likeness (QED) is 0.104. The Morgan fingerprint density at radius 3 is 2.41 bits per heavy atom. The Bertz CT molecular complexity index is 2300. The summed E-state index contributed by atoms with van der Waals surface area (Å²) >= 11 is 7.56. The molecule has 1 spiro atoms. The maximum absolute atomic E-state index is 11.2. The third kappa shape index (κ3) is 8.18. The Labute approximate surface area is 336 Å². The van der Waals surface area contributed by atoms with E-state index < -0.39 is 5.91 Å². The van der Waals surface area contributed by atoms with Crippen LogP contribution in [0, 0.1) is 59.2 Å². The number of nitrogens with two attached hydrogens (primary N) is 1. The van der Waals surface area contributed by atoms with Crippen molar-refractivity contribution in [3.63, 3.8) is 0 Å². The number of nitriles is 1. The minimum Gasteiger partial charge on any atom is -0.490 e. The number of halogens is 1. The molecule has 286 valence electrons. The molecular weight excluding hydrogens is 742 g/mol. The number of carbonyl (C=O) groups excluding carboxylic acids is 1. The fraction of sp³-hybridized carbons (Fsp3) is 0.372. The highest BCUT2D eigenvalue weighted by molar-refractivity contribution is 7.17. The predicted molar refractivity (Wildman–Crippen MR) is 223 cm³/mol. The van der Waals surface area contributed by atoms with Crippen LogP contribution < -0.4 is 20.3 Å². The van der Waals surface area contributed by atoms with E-state index in [0.29, 0.717) is 39.7 Å². The minimum absolute atomic E-state index is 0.180. The summed E-state index contributed by atoms with van der Waals surface area (Å²) < 4.78 is 5.84. The second-order valence-electron chi connectivity index (χ2n) is 15.1. The number of fused-ring (bicyclic) bond motifs is 1. The van der Waals surface area contributed by atoms with E-state index >= 15 is 0 Å². The molecule has 0 radical (unpaired) electrons. The van der Waals surface area contributed by atoms with Gasteiger partial charge in [0.1, 0.15) is 28.5 Å². The highest BCUT2D eigenvalue weighted by Gasteiger charge is 2.52. The lowest BCUT2D eigenvalue weighted by Crippen LogP contribution is -2.62. The highest BCUT2D eigenvalue weighted by atomic mass is 35.5. The molecule has 13 heteroatoms. The molecule has 1 saturated heterocycles. The Morgan fingerprint density at radius 2 is 1.79 bits per heavy atom. The molecular formula is C43H44ClN9O2S. The average Bonchev–Trinajstić information content (AvgIpc) is 3.34. The van der Waals surface area contributed by atoms with Gasteiger partial charge in [-0.3, -0.25) is 25.5 Å². The van der Waals surface area contributed by atoms with Crippen LogP contribution in [0.1, 0.15) is 95.1 Å². The summed E-state index contributed by atoms with van der Waals surface area (Å²) in [7, 11) is 0. The van der Waals surface area contributed by atoms with Crippen molar-refractivity contribution in [2.24, 2.45) is 22.1 Å². The molecule has 2 aliphatic carbocycles. The molecule has 0 atom stereocenters. The van der Waals surface area contributed by atoms with Gasteiger partial charge >= 0.3 is 0 Å². The molecule has 1 amide bonds. The van der Waals surface area contributed by atoms with Crippen molar-refractivity contribution in [1.82, 2.24) is 10.2 Å². The van der Waals surface area contributed by atoms with Gasteiger partial charge in [0.05, 0.1) is 28.9 Å². The molecule has 11 nitrogen and oxygen atoms in total. The van der Waals surface area contributed by atoms with Crippen molar-refractivity contribution in [3.8, 4) is 23.7 Å². The molecule has 0 unspecified atom stereocenters. The standard InChI is InChI=1S/C30H30N8OS.C13H14ClNO/c1-17-18(2)40-29-26(17)27(34-14-24(32)38(29)19(3)31)22-8-6-20(7-9-22)4-5-21-12-30(13-21)15-37(16-30)25-11-10-23(28(33)39)35-36-25;14-13-8-12(7-6-10(13)9-15)16-11-4-2-1-3-5-11/h6-11,21,31-32H,12-16H2,1-3H3,(H2,33,39);6-8,11H,1-5H2. The first kappa shape index (κ1) is 38.7. The van der Waals surface area contributed by atoms with Crippen molar-refractivity contribution in [2.45, 2.75) is 71.8 Å². The zero-order valence-corrected chi connectivity index (χ0v) is 33.4. The predicted octanol–water partition coefficient (Wildman–Crippen LogP) is 8.08. The summed E-state index contributed by atoms with van der Waals surface area (Å²) in [4.78, 5) is 21.1. The fourth-order valence-corrected chi connectivity index (χ4v) is 9.34. The number of carbonyl (C=O) groups is 1. The summed E-state index contributed by atoms with van der Waals surface area (Å²) in [5, 5.41) is 34.9. The van der Waals surface area contributed by atoms with E-state index in [1.54, 1.807) is 47.4 Å². The Kier molecular flexibility index (Phi) is 11.2. The van der Waals surface area contributed by atoms with Crippen LogP contribution in [-0.2, 0) is 0 Å². The topological polar surface area (TPSA) is 168 Å². The van der Waals surface area contributed by atoms with Crippen LogP contribution in [0.5, 0.6) is 5.75 Å². The second kappa shape index (κ2) is 16.3. The molecule has 2 saturated carbocycles. The first-order chi connectivity index (χ1) is 26.9. The largest absolute Gasteiger partial charge is 0.490 e. The number of aromatic nitrogens is 2. The van der Waals surface area contributed by atoms with Crippen LogP contribution in [0.2, 0.25) is 5.02 Å². The number of rotatable bonds is 5. The van der Waals surface area contributed by atoms with Crippen molar-refractivity contribution in [1.29, 1.82) is 16.1 Å². The number of hydrogen-bond donors (Lipinski definition) is 3. The first-order valence-electron chi connectivity index (χ1n) is 18.9. The molecule has 2 aliphatic heterocycles. The summed E-state index contributed by atoms with van der Waals surface area (Å²) in [5.74, 6) is 8.83. The van der Waals surface area contributed by atoms with Gasteiger partial charge < -0.3 is 15.4 Å². The number of nitrogens with zero attached hydrogens (tertiary/aromatic N) is 6. The van der Waals surface area contributed by atoms with Gasteiger partial charge in [-0.2, -0.15) is 5.26 Å². The number of ether oxygens (including phenoxy) is 1. The molecule has 2 aromatic carbocycles. The lowest BCUT2D eigenvalue weighted by molar-refractivity contribution is 0.0521. The van der Waals surface area contributed by atoms with E-state index in [1.807, 2.05) is 24.3 Å². The summed E-state index contributed by atoms with van der Waals surface area (Å²) in [6.45, 7) is 7.98. The number of aryl methyl sites for hydroxylation is 1. The molecule has 56 heavy (non-hydrogen) atoms. The molecule has 4 heterocycles. The van der Waals surface area contributed by atoms with Crippen molar-refractivity contribution >= 4 is 57.0 Å². The van der Waals surface area contributed by atoms with Crippen LogP contribution in [0.4, 0.5) is 10.8 Å². The van der Waals surface area contributed by atoms with Gasteiger partial charge in [0.15, 0.2) is 11.5 Å². The van der Waals surface area contributed by atoms with Crippen LogP contribution in [-0.4, -0.2) is 59.2 Å². The van der Waals surface area contributed by atoms with E-state index in [2.05, 4.69) is 52.9 Å². The third-order valence-electron chi connectivity index (χ3n) is 10.9. The molecule has 2 aromatic heterocycles. The summed E-state index contributed by atoms with van der Waals surface area (Å²) in [5.41, 5.74) is 11.2. The zero-order valence-electron chi connectivity index (χ0n) is 31.8. The zero-order chi connectivity index (χ0) is 39.6. The van der Waals surface area contributed by atoms with Crippen LogP contribution in [0.3, 0.4) is 0 Å². The number of benzene rings is 2. The van der Waals surface area contributed by atoms with Gasteiger partial charge in [-0.25, -0.2) is 0 Å². The molecule has 4 aromatic rings. The summed E-state index contributed by atoms with van der Waals surface area (Å²) in [6, 6.07) is 18.9. The van der Waals surface area contributed by atoms with E-state index in [4.69, 9.17) is 43.1 Å². The molecule has 4 aliphatic rings. The molecule has 4 N–H and O–H groups in total. The molecule has 0 bridgehead atoms. The first-order valence-corrected chi connectivity index (χ1v) is 20.1. The van der Waals surface area contributed by atoms with E-state index in [0.717, 1.165) is 83.3 Å². The van der Waals surface area contributed by atoms with E-state index in [1.165, 1.54) is 24.1 Å². The highest BCUT2D eigenvalue weighted by Crippen LogP contribution is 2.52. The van der Waals surface area contributed by atoms with Gasteiger partial charge in [0, 0.05) is 52.1 Å². The second-order valence-corrected chi connectivity index (χ2v) is 16.7. The van der Waals surface area contributed by atoms with Gasteiger partial charge in [-0.1, -0.05) is 42.0 Å². The number of thiophene rings is 1. The van der Waals surface area contributed by atoms with Crippen LogP contribution >= 0.6 is 22.9 Å². The van der Waals surface area contributed by atoms with Crippen LogP contribution in [0.15, 0.2) is 59.6 Å². The maximum Gasteiger partial charge on any atom is 0.269 e. The van der Waals surface area contributed by atoms with Crippen LogP contribution in [0.25, 0.3) is 0 Å². The Hall–Kier alpha value is -5.56. The summed E-state index contributed by atoms with van der Waals surface area (Å²) in [6.07, 6.45) is 8.52. The number of aliphatic imine (C=N–C) groups is 1. The lowest BCUT2D eigenvalue weighted by atomic mass is 9.58. The van der Waals surface area contributed by atoms with Crippen molar-refractivity contribution in [3.05, 3.63) is 98.0 Å². The lowest BCUT2D eigenvalue weighted by Gasteiger charge is -2.58. The van der Waals surface area contributed by atoms with Gasteiger partial charge in [-0.05, 0) is 101 Å². The van der Waals surface area contributed by atoms with Gasteiger partial charge in [0.2, 0.25) is 0 Å². The number of nitrogens with one attached hydrogen (secondary N) is 2. The van der Waals surface area contributed by atoms with Gasteiger partial charge in [0.25, 0.3) is 5.91 Å². The van der Waals surface area contributed by atoms with Gasteiger partial charge in [-0.15, -0.1) is 21.5 Å². The van der Waals surface area contributed by atoms with Crippen molar-refractivity contribution in [2.75, 3.05) is 29.4 Å². The fourth-order valence-electron chi connectivity index (χ4n) is 7.89. The maximum atomic E-state index is 11.2. The Morgan fingerprint density at radius 1 is 1.05 bits per heavy atom.